The van der Waals surface area contributed by atoms with E-state index in [1.807, 2.05) is 4.72 Å². The van der Waals surface area contributed by atoms with Crippen LogP contribution in [0.5, 0.6) is 11.5 Å². The van der Waals surface area contributed by atoms with Crippen LogP contribution < -0.4 is 9.46 Å². The number of para-hydroxylation sites is 1. The van der Waals surface area contributed by atoms with E-state index >= 15 is 0 Å². The summed E-state index contributed by atoms with van der Waals surface area (Å²) in [5.74, 6) is -3.53. The second-order valence-electron chi connectivity index (χ2n) is 7.56. The fourth-order valence-corrected chi connectivity index (χ4v) is 5.30. The van der Waals surface area contributed by atoms with Gasteiger partial charge in [-0.2, -0.15) is 0 Å². The van der Waals surface area contributed by atoms with Gasteiger partial charge in [-0.25, -0.2) is 22.0 Å². The Morgan fingerprint density at radius 1 is 1.09 bits per heavy atom. The van der Waals surface area contributed by atoms with Gasteiger partial charge < -0.3 is 14.6 Å². The monoisotopic (exact) mass is 493 g/mol. The van der Waals surface area contributed by atoms with Gasteiger partial charge in [0.15, 0.2) is 5.75 Å². The number of nitrogens with one attached hydrogen (secondary N) is 1. The van der Waals surface area contributed by atoms with E-state index < -0.39 is 55.1 Å². The Kier molecular flexibility index (Phi) is 4.95. The topological polar surface area (TPSA) is 102 Å². The lowest BCUT2D eigenvalue weighted by Gasteiger charge is -2.14. The van der Waals surface area contributed by atoms with Crippen molar-refractivity contribution >= 4 is 33.3 Å². The van der Waals surface area contributed by atoms with E-state index in [9.17, 15) is 27.1 Å². The number of phenolic OH excluding ortho intramolecular Hbond substituents is 1. The fraction of sp³-hybridized carbons (Fsp3) is 0.136. The lowest BCUT2D eigenvalue weighted by molar-refractivity contribution is 0.0347. The van der Waals surface area contributed by atoms with Crippen molar-refractivity contribution in [2.24, 2.45) is 0 Å². The largest absolute Gasteiger partial charge is 0.505 e. The molecule has 11 heteroatoms. The average molecular weight is 494 g/mol. The van der Waals surface area contributed by atoms with Crippen LogP contribution in [-0.4, -0.2) is 32.2 Å². The number of fused-ring (bicyclic) bond motifs is 6. The van der Waals surface area contributed by atoms with Crippen molar-refractivity contribution in [2.45, 2.75) is 17.4 Å². The van der Waals surface area contributed by atoms with Crippen molar-refractivity contribution in [3.63, 3.8) is 0 Å². The predicted octanol–water partition coefficient (Wildman–Crippen LogP) is 4.27. The molecule has 2 aliphatic heterocycles. The summed E-state index contributed by atoms with van der Waals surface area (Å²) in [4.78, 5) is 11.8. The molecule has 1 unspecified atom stereocenters. The van der Waals surface area contributed by atoms with Crippen molar-refractivity contribution in [1.29, 1.82) is 0 Å². The third-order valence-electron chi connectivity index (χ3n) is 5.37. The molecule has 3 aromatic carbocycles. The Morgan fingerprint density at radius 2 is 1.88 bits per heavy atom. The van der Waals surface area contributed by atoms with Crippen LogP contribution in [0.25, 0.3) is 11.1 Å². The van der Waals surface area contributed by atoms with Crippen molar-refractivity contribution in [1.82, 2.24) is 0 Å². The zero-order valence-electron chi connectivity index (χ0n) is 16.6. The van der Waals surface area contributed by atoms with Crippen molar-refractivity contribution in [3.05, 3.63) is 70.2 Å². The summed E-state index contributed by atoms with van der Waals surface area (Å²) in [7, 11) is -4.65. The number of carbonyl (C=O) groups excluding carboxylic acids is 1. The summed E-state index contributed by atoms with van der Waals surface area (Å²) < 4.78 is 68.4. The highest BCUT2D eigenvalue weighted by atomic mass is 35.5. The van der Waals surface area contributed by atoms with Crippen LogP contribution in [0, 0.1) is 11.6 Å². The van der Waals surface area contributed by atoms with E-state index in [0.29, 0.717) is 18.2 Å². The minimum Gasteiger partial charge on any atom is -0.505 e. The smallest absolute Gasteiger partial charge is 0.338 e. The van der Waals surface area contributed by atoms with Crippen LogP contribution >= 0.6 is 11.6 Å². The van der Waals surface area contributed by atoms with Crippen LogP contribution in [0.1, 0.15) is 15.9 Å². The lowest BCUT2D eigenvalue weighted by atomic mass is 9.99. The van der Waals surface area contributed by atoms with E-state index in [1.54, 1.807) is 18.2 Å². The number of esters is 1. The zero-order chi connectivity index (χ0) is 23.5. The van der Waals surface area contributed by atoms with Gasteiger partial charge in [-0.3, -0.25) is 4.72 Å². The summed E-state index contributed by atoms with van der Waals surface area (Å²) >= 11 is 5.93. The number of ether oxygens (including phenoxy) is 2. The van der Waals surface area contributed by atoms with E-state index in [-0.39, 0.29) is 23.3 Å². The molecule has 0 saturated carbocycles. The molecule has 2 aliphatic rings. The minimum atomic E-state index is -4.65. The maximum absolute atomic E-state index is 14.8. The van der Waals surface area contributed by atoms with Gasteiger partial charge in [0.2, 0.25) is 0 Å². The summed E-state index contributed by atoms with van der Waals surface area (Å²) in [6.45, 7) is -0.178. The fourth-order valence-electron chi connectivity index (χ4n) is 3.83. The first kappa shape index (κ1) is 21.5. The number of aromatic hydroxyl groups is 1. The molecule has 2 heterocycles. The first-order valence-corrected chi connectivity index (χ1v) is 11.5. The molecule has 0 amide bonds. The quantitative estimate of drug-likeness (QED) is 0.454. The second-order valence-corrected chi connectivity index (χ2v) is 9.62. The summed E-state index contributed by atoms with van der Waals surface area (Å²) in [5.41, 5.74) is 0.0815. The van der Waals surface area contributed by atoms with E-state index in [1.165, 1.54) is 0 Å². The molecule has 170 valence electrons. The molecule has 0 fully saturated rings. The number of rotatable bonds is 0. The molecule has 0 radical (unpaired) electrons. The maximum Gasteiger partial charge on any atom is 0.338 e. The van der Waals surface area contributed by atoms with E-state index in [4.69, 9.17) is 21.1 Å². The first-order valence-electron chi connectivity index (χ1n) is 9.64. The van der Waals surface area contributed by atoms with Crippen LogP contribution in [0.4, 0.5) is 14.5 Å². The maximum atomic E-state index is 14.8. The molecule has 0 aliphatic carbocycles. The number of anilines is 1. The summed E-state index contributed by atoms with van der Waals surface area (Å²) in [5, 5.41) is 9.79. The number of hydrogen-bond acceptors (Lipinski definition) is 6. The molecule has 5 rings (SSSR count). The van der Waals surface area contributed by atoms with Gasteiger partial charge in [0, 0.05) is 23.6 Å². The van der Waals surface area contributed by atoms with Crippen LogP contribution in [0.15, 0.2) is 47.4 Å². The van der Waals surface area contributed by atoms with E-state index in [0.717, 1.165) is 23.8 Å². The van der Waals surface area contributed by atoms with Crippen molar-refractivity contribution in [3.8, 4) is 22.6 Å². The Bertz CT molecular complexity index is 1440. The summed E-state index contributed by atoms with van der Waals surface area (Å²) in [6, 6.07) is 8.43. The molecule has 1 atom stereocenters. The normalized spacial score (nSPS) is 18.4. The van der Waals surface area contributed by atoms with Gasteiger partial charge in [0.25, 0.3) is 10.0 Å². The number of hydrogen-bond donors (Lipinski definition) is 2. The molecule has 0 saturated heterocycles. The SMILES string of the molecule is O=C1OCC2Cc3cccc(c3O2)-c2cc(c(F)cc2F)NS(=O)(=O)c2cc1cc(Cl)c2O. The van der Waals surface area contributed by atoms with Crippen molar-refractivity contribution in [2.75, 3.05) is 11.3 Å². The highest BCUT2D eigenvalue weighted by Crippen LogP contribution is 2.42. The van der Waals surface area contributed by atoms with Crippen LogP contribution in [0.3, 0.4) is 0 Å². The van der Waals surface area contributed by atoms with Crippen molar-refractivity contribution < 1.29 is 36.6 Å². The third kappa shape index (κ3) is 3.65. The number of sulfonamides is 1. The van der Waals surface area contributed by atoms with Gasteiger partial charge >= 0.3 is 5.97 Å². The van der Waals surface area contributed by atoms with Gasteiger partial charge in [0.1, 0.15) is 35.0 Å². The molecule has 33 heavy (non-hydrogen) atoms. The standard InChI is InChI=1S/C22H14ClF2NO6S/c23-15-5-11-6-19(20(15)27)33(29,30)26-18-7-14(16(24)8-17(18)25)13-3-1-2-10-4-12(32-21(10)13)9-31-22(11)28/h1-3,5-8,12,26-27H,4,9H2. The number of benzene rings is 3. The van der Waals surface area contributed by atoms with Gasteiger partial charge in [-0.15, -0.1) is 0 Å². The molecule has 2 N–H and O–H groups in total. The average Bonchev–Trinajstić information content (AvgIpc) is 3.18. The number of carbonyl (C=O) groups is 1. The van der Waals surface area contributed by atoms with E-state index in [2.05, 4.69) is 0 Å². The second kappa shape index (κ2) is 7.60. The highest BCUT2D eigenvalue weighted by Gasteiger charge is 2.31. The Morgan fingerprint density at radius 3 is 2.67 bits per heavy atom. The first-order chi connectivity index (χ1) is 15.6. The Hall–Kier alpha value is -3.37. The molecule has 0 aromatic heterocycles. The highest BCUT2D eigenvalue weighted by molar-refractivity contribution is 7.92. The Labute approximate surface area is 191 Å². The molecular weight excluding hydrogens is 480 g/mol. The minimum absolute atomic E-state index is 0.102. The van der Waals surface area contributed by atoms with Crippen LogP contribution in [0.2, 0.25) is 5.02 Å². The van der Waals surface area contributed by atoms with Crippen LogP contribution in [-0.2, 0) is 21.2 Å². The van der Waals surface area contributed by atoms with Gasteiger partial charge in [0.05, 0.1) is 16.3 Å². The zero-order valence-corrected chi connectivity index (χ0v) is 18.1. The van der Waals surface area contributed by atoms with Gasteiger partial charge in [-0.05, 0) is 23.8 Å². The Balaban J connectivity index is 1.74. The lowest BCUT2D eigenvalue weighted by Crippen LogP contribution is -2.23. The predicted molar refractivity (Wildman–Crippen MR) is 114 cm³/mol. The number of halogens is 3. The molecular formula is C22H14ClF2NO6S. The molecule has 7 nitrogen and oxygen atoms in total. The third-order valence-corrected chi connectivity index (χ3v) is 7.04. The number of cyclic esters (lactones) is 1. The molecule has 3 aromatic rings. The summed E-state index contributed by atoms with van der Waals surface area (Å²) in [6.07, 6.45) is -0.201. The molecule has 0 spiro atoms. The molecule has 6 bridgehead atoms. The van der Waals surface area contributed by atoms with Gasteiger partial charge in [-0.1, -0.05) is 29.8 Å². The number of phenols is 1.